The summed E-state index contributed by atoms with van der Waals surface area (Å²) < 4.78 is 12.6. The SMILES string of the molecule is COc1cc2c(Oc3ccc(C(C4CCCCC4)N4CCCCC4)cc3)c(C(=O)O)sc2cc1C. The maximum atomic E-state index is 12.0. The molecule has 186 valence electrons. The lowest BCUT2D eigenvalue weighted by Gasteiger charge is -2.41. The fraction of sp³-hybridized carbons (Fsp3) is 0.483. The highest BCUT2D eigenvalue weighted by molar-refractivity contribution is 7.21. The van der Waals surface area contributed by atoms with Gasteiger partial charge in [-0.1, -0.05) is 37.8 Å². The van der Waals surface area contributed by atoms with E-state index in [0.717, 1.165) is 21.4 Å². The Morgan fingerprint density at radius 1 is 1.03 bits per heavy atom. The maximum absolute atomic E-state index is 12.0. The summed E-state index contributed by atoms with van der Waals surface area (Å²) in [5.74, 6) is 1.52. The number of hydrogen-bond donors (Lipinski definition) is 1. The van der Waals surface area contributed by atoms with E-state index >= 15 is 0 Å². The van der Waals surface area contributed by atoms with Crippen molar-refractivity contribution in [3.63, 3.8) is 0 Å². The van der Waals surface area contributed by atoms with Crippen molar-refractivity contribution < 1.29 is 19.4 Å². The van der Waals surface area contributed by atoms with Crippen LogP contribution in [0.2, 0.25) is 0 Å². The van der Waals surface area contributed by atoms with Gasteiger partial charge in [-0.05, 0) is 87.0 Å². The van der Waals surface area contributed by atoms with Gasteiger partial charge in [0.2, 0.25) is 0 Å². The summed E-state index contributed by atoms with van der Waals surface area (Å²) >= 11 is 1.24. The highest BCUT2D eigenvalue weighted by Crippen LogP contribution is 2.44. The highest BCUT2D eigenvalue weighted by atomic mass is 32.1. The van der Waals surface area contributed by atoms with Crippen molar-refractivity contribution in [2.45, 2.75) is 64.3 Å². The van der Waals surface area contributed by atoms with Crippen molar-refractivity contribution in [3.8, 4) is 17.2 Å². The van der Waals surface area contributed by atoms with E-state index in [1.54, 1.807) is 7.11 Å². The predicted molar refractivity (Wildman–Crippen MR) is 141 cm³/mol. The molecular formula is C29H35NO4S. The number of carbonyl (C=O) groups is 1. The largest absolute Gasteiger partial charge is 0.496 e. The summed E-state index contributed by atoms with van der Waals surface area (Å²) in [6.45, 7) is 4.33. The standard InChI is InChI=1S/C29H35NO4S/c1-19-17-25-23(18-24(19)33-2)27(28(35-25)29(31)32)34-22-13-11-21(12-14-22)26(20-9-5-3-6-10-20)30-15-7-4-8-16-30/h11-14,17-18,20,26H,3-10,15-16H2,1-2H3,(H,31,32). The summed E-state index contributed by atoms with van der Waals surface area (Å²) in [5.41, 5.74) is 2.33. The first kappa shape index (κ1) is 24.1. The maximum Gasteiger partial charge on any atom is 0.349 e. The zero-order chi connectivity index (χ0) is 24.4. The molecule has 0 spiro atoms. The Morgan fingerprint density at radius 3 is 2.37 bits per heavy atom. The molecule has 2 fully saturated rings. The zero-order valence-electron chi connectivity index (χ0n) is 20.7. The van der Waals surface area contributed by atoms with Crippen LogP contribution in [0.25, 0.3) is 10.1 Å². The zero-order valence-corrected chi connectivity index (χ0v) is 21.5. The van der Waals surface area contributed by atoms with Crippen LogP contribution in [0.4, 0.5) is 0 Å². The van der Waals surface area contributed by atoms with Gasteiger partial charge in [0.25, 0.3) is 0 Å². The van der Waals surface area contributed by atoms with Gasteiger partial charge in [0.1, 0.15) is 11.5 Å². The average molecular weight is 494 g/mol. The normalized spacial score (nSPS) is 18.5. The van der Waals surface area contributed by atoms with Crippen LogP contribution in [0.3, 0.4) is 0 Å². The Hall–Kier alpha value is -2.57. The van der Waals surface area contributed by atoms with E-state index in [-0.39, 0.29) is 4.88 Å². The second-order valence-corrected chi connectivity index (χ2v) is 11.0. The van der Waals surface area contributed by atoms with Crippen molar-refractivity contribution in [2.24, 2.45) is 5.92 Å². The number of carboxylic acid groups (broad SMARTS) is 1. The lowest BCUT2D eigenvalue weighted by molar-refractivity contribution is 0.0700. The molecule has 1 aliphatic carbocycles. The fourth-order valence-electron chi connectivity index (χ4n) is 5.94. The molecule has 35 heavy (non-hydrogen) atoms. The third kappa shape index (κ3) is 5.05. The Balaban J connectivity index is 1.45. The Kier molecular flexibility index (Phi) is 7.30. The van der Waals surface area contributed by atoms with Crippen LogP contribution in [0, 0.1) is 12.8 Å². The third-order valence-electron chi connectivity index (χ3n) is 7.68. The second-order valence-electron chi connectivity index (χ2n) is 9.99. The van der Waals surface area contributed by atoms with Gasteiger partial charge in [-0.25, -0.2) is 4.79 Å². The molecule has 5 rings (SSSR count). The number of aryl methyl sites for hydroxylation is 1. The number of benzene rings is 2. The van der Waals surface area contributed by atoms with Crippen molar-refractivity contribution in [1.29, 1.82) is 0 Å². The number of rotatable bonds is 7. The minimum Gasteiger partial charge on any atom is -0.496 e. The number of methoxy groups -OCH3 is 1. The molecule has 1 atom stereocenters. The summed E-state index contributed by atoms with van der Waals surface area (Å²) in [6, 6.07) is 12.7. The first-order valence-electron chi connectivity index (χ1n) is 12.9. The molecule has 1 aromatic heterocycles. The van der Waals surface area contributed by atoms with Crippen LogP contribution in [-0.2, 0) is 0 Å². The first-order valence-corrected chi connectivity index (χ1v) is 13.7. The van der Waals surface area contributed by atoms with Crippen molar-refractivity contribution >= 4 is 27.4 Å². The summed E-state index contributed by atoms with van der Waals surface area (Å²) in [5, 5.41) is 10.6. The molecule has 0 bridgehead atoms. The molecular weight excluding hydrogens is 458 g/mol. The number of hydrogen-bond acceptors (Lipinski definition) is 5. The molecule has 2 heterocycles. The average Bonchev–Trinajstić information content (AvgIpc) is 3.23. The van der Waals surface area contributed by atoms with Crippen molar-refractivity contribution in [1.82, 2.24) is 4.90 Å². The van der Waals surface area contributed by atoms with Gasteiger partial charge in [0, 0.05) is 16.1 Å². The summed E-state index contributed by atoms with van der Waals surface area (Å²) in [4.78, 5) is 14.9. The van der Waals surface area contributed by atoms with E-state index in [0.29, 0.717) is 23.5 Å². The molecule has 2 aliphatic rings. The fourth-order valence-corrected chi connectivity index (χ4v) is 6.99. The van der Waals surface area contributed by atoms with Gasteiger partial charge >= 0.3 is 5.97 Å². The van der Waals surface area contributed by atoms with Crippen LogP contribution < -0.4 is 9.47 Å². The Bertz CT molecular complexity index is 1160. The van der Waals surface area contributed by atoms with Crippen molar-refractivity contribution in [2.75, 3.05) is 20.2 Å². The number of thiophene rings is 1. The Morgan fingerprint density at radius 2 is 1.71 bits per heavy atom. The Labute approximate surface area is 211 Å². The minimum absolute atomic E-state index is 0.213. The number of carboxylic acids is 1. The number of aromatic carboxylic acids is 1. The quantitative estimate of drug-likeness (QED) is 0.364. The van der Waals surface area contributed by atoms with Gasteiger partial charge in [-0.3, -0.25) is 4.90 Å². The molecule has 0 amide bonds. The van der Waals surface area contributed by atoms with Gasteiger partial charge in [0.15, 0.2) is 10.6 Å². The van der Waals surface area contributed by atoms with Gasteiger partial charge in [-0.15, -0.1) is 11.3 Å². The van der Waals surface area contributed by atoms with E-state index in [1.807, 2.05) is 31.2 Å². The van der Waals surface area contributed by atoms with E-state index in [4.69, 9.17) is 9.47 Å². The predicted octanol–water partition coefficient (Wildman–Crippen LogP) is 7.82. The summed E-state index contributed by atoms with van der Waals surface area (Å²) in [7, 11) is 1.63. The summed E-state index contributed by atoms with van der Waals surface area (Å²) in [6.07, 6.45) is 10.6. The first-order chi connectivity index (χ1) is 17.0. The second kappa shape index (κ2) is 10.6. The monoisotopic (exact) mass is 493 g/mol. The van der Waals surface area contributed by atoms with E-state index in [9.17, 15) is 9.90 Å². The van der Waals surface area contributed by atoms with E-state index in [2.05, 4.69) is 17.0 Å². The lowest BCUT2D eigenvalue weighted by atomic mass is 9.80. The smallest absolute Gasteiger partial charge is 0.349 e. The molecule has 6 heteroatoms. The number of nitrogens with zero attached hydrogens (tertiary/aromatic N) is 1. The van der Waals surface area contributed by atoms with Gasteiger partial charge < -0.3 is 14.6 Å². The van der Waals surface area contributed by atoms with Crippen LogP contribution in [-0.4, -0.2) is 36.2 Å². The van der Waals surface area contributed by atoms with E-state index < -0.39 is 5.97 Å². The molecule has 1 saturated heterocycles. The number of likely N-dealkylation sites (tertiary alicyclic amines) is 1. The van der Waals surface area contributed by atoms with Crippen LogP contribution >= 0.6 is 11.3 Å². The molecule has 1 N–H and O–H groups in total. The van der Waals surface area contributed by atoms with Crippen LogP contribution in [0.1, 0.15) is 78.2 Å². The van der Waals surface area contributed by atoms with Crippen LogP contribution in [0.15, 0.2) is 36.4 Å². The minimum atomic E-state index is -0.975. The van der Waals surface area contributed by atoms with Crippen LogP contribution in [0.5, 0.6) is 17.2 Å². The van der Waals surface area contributed by atoms with Crippen molar-refractivity contribution in [3.05, 3.63) is 52.4 Å². The number of ether oxygens (including phenoxy) is 2. The lowest BCUT2D eigenvalue weighted by Crippen LogP contribution is -2.38. The number of fused-ring (bicyclic) bond motifs is 1. The topological polar surface area (TPSA) is 59.0 Å². The molecule has 3 aromatic rings. The molecule has 1 saturated carbocycles. The molecule has 2 aromatic carbocycles. The van der Waals surface area contributed by atoms with Gasteiger partial charge in [0.05, 0.1) is 7.11 Å². The molecule has 0 radical (unpaired) electrons. The van der Waals surface area contributed by atoms with Gasteiger partial charge in [-0.2, -0.15) is 0 Å². The molecule has 5 nitrogen and oxygen atoms in total. The molecule has 1 unspecified atom stereocenters. The van der Waals surface area contributed by atoms with E-state index in [1.165, 1.54) is 81.4 Å². The third-order valence-corrected chi connectivity index (χ3v) is 8.80. The highest BCUT2D eigenvalue weighted by Gasteiger charge is 2.31. The number of piperidine rings is 1. The molecule has 1 aliphatic heterocycles.